The van der Waals surface area contributed by atoms with E-state index in [4.69, 9.17) is 4.74 Å². The van der Waals surface area contributed by atoms with Crippen LogP contribution in [0.4, 0.5) is 4.39 Å². The monoisotopic (exact) mass is 226 g/mol. The van der Waals surface area contributed by atoms with Gasteiger partial charge in [-0.2, -0.15) is 0 Å². The number of ether oxygens (including phenoxy) is 1. The second kappa shape index (κ2) is 4.51. The molecule has 0 aromatic heterocycles. The van der Waals surface area contributed by atoms with E-state index in [0.29, 0.717) is 12.0 Å². The average molecular weight is 226 g/mol. The number of rotatable bonds is 4. The lowest BCUT2D eigenvalue weighted by molar-refractivity contribution is -0.143. The molecular weight excluding hydrogens is 211 g/mol. The van der Waals surface area contributed by atoms with Gasteiger partial charge in [-0.15, -0.1) is 0 Å². The van der Waals surface area contributed by atoms with Crippen LogP contribution in [0.15, 0.2) is 18.2 Å². The molecule has 1 rings (SSSR count). The van der Waals surface area contributed by atoms with Crippen molar-refractivity contribution >= 4 is 5.97 Å². The van der Waals surface area contributed by atoms with E-state index < -0.39 is 17.2 Å². The van der Waals surface area contributed by atoms with E-state index in [9.17, 15) is 14.3 Å². The molecule has 0 fully saturated rings. The SMILES string of the molecule is CCC(C)(C(=O)O)c1cccc(F)c1OC. The minimum absolute atomic E-state index is 0.00856. The van der Waals surface area contributed by atoms with Crippen molar-refractivity contribution in [1.29, 1.82) is 0 Å². The van der Waals surface area contributed by atoms with Gasteiger partial charge in [-0.05, 0) is 19.4 Å². The fraction of sp³-hybridized carbons (Fsp3) is 0.417. The second-order valence-electron chi connectivity index (χ2n) is 3.81. The predicted octanol–water partition coefficient (Wildman–Crippen LogP) is 2.59. The van der Waals surface area contributed by atoms with Crippen LogP contribution in [0.3, 0.4) is 0 Å². The number of carboxylic acids is 1. The standard InChI is InChI=1S/C12H15FO3/c1-4-12(2,11(14)15)8-6-5-7-9(13)10(8)16-3/h5-7H,4H2,1-3H3,(H,14,15). The third kappa shape index (κ3) is 1.87. The summed E-state index contributed by atoms with van der Waals surface area (Å²) in [6.45, 7) is 3.31. The van der Waals surface area contributed by atoms with Gasteiger partial charge in [0, 0.05) is 5.56 Å². The molecule has 0 heterocycles. The van der Waals surface area contributed by atoms with Crippen LogP contribution in [0.25, 0.3) is 0 Å². The smallest absolute Gasteiger partial charge is 0.313 e. The van der Waals surface area contributed by atoms with Crippen LogP contribution in [0, 0.1) is 5.82 Å². The Labute approximate surface area is 93.9 Å². The summed E-state index contributed by atoms with van der Waals surface area (Å²) in [5.74, 6) is -1.52. The number of benzene rings is 1. The Morgan fingerprint density at radius 3 is 2.62 bits per heavy atom. The molecule has 0 saturated heterocycles. The Bertz CT molecular complexity index is 403. The first kappa shape index (κ1) is 12.5. The van der Waals surface area contributed by atoms with E-state index in [2.05, 4.69) is 0 Å². The van der Waals surface area contributed by atoms with Gasteiger partial charge in [-0.1, -0.05) is 19.1 Å². The summed E-state index contributed by atoms with van der Waals surface area (Å²) < 4.78 is 18.4. The number of hydrogen-bond acceptors (Lipinski definition) is 2. The Balaban J connectivity index is 3.41. The predicted molar refractivity (Wildman–Crippen MR) is 58.2 cm³/mol. The molecule has 0 aliphatic rings. The molecule has 0 spiro atoms. The average Bonchev–Trinajstić information content (AvgIpc) is 2.27. The fourth-order valence-electron chi connectivity index (χ4n) is 1.61. The molecule has 0 aliphatic heterocycles. The van der Waals surface area contributed by atoms with Gasteiger partial charge in [0.25, 0.3) is 0 Å². The molecule has 4 heteroatoms. The summed E-state index contributed by atoms with van der Waals surface area (Å²) in [6, 6.07) is 4.32. The third-order valence-electron chi connectivity index (χ3n) is 2.94. The van der Waals surface area contributed by atoms with Crippen molar-refractivity contribution in [2.45, 2.75) is 25.7 Å². The maximum Gasteiger partial charge on any atom is 0.313 e. The van der Waals surface area contributed by atoms with Crippen molar-refractivity contribution in [3.8, 4) is 5.75 Å². The highest BCUT2D eigenvalue weighted by Crippen LogP contribution is 2.36. The maximum absolute atomic E-state index is 13.5. The third-order valence-corrected chi connectivity index (χ3v) is 2.94. The molecular formula is C12H15FO3. The first-order chi connectivity index (χ1) is 7.47. The summed E-state index contributed by atoms with van der Waals surface area (Å²) in [6.07, 6.45) is 0.363. The lowest BCUT2D eigenvalue weighted by atomic mass is 9.79. The van der Waals surface area contributed by atoms with E-state index >= 15 is 0 Å². The van der Waals surface area contributed by atoms with E-state index in [1.165, 1.54) is 19.2 Å². The number of aliphatic carboxylic acids is 1. The zero-order valence-electron chi connectivity index (χ0n) is 9.58. The molecule has 0 radical (unpaired) electrons. The number of carbonyl (C=O) groups is 1. The van der Waals surface area contributed by atoms with Crippen LogP contribution < -0.4 is 4.74 Å². The highest BCUT2D eigenvalue weighted by Gasteiger charge is 2.36. The summed E-state index contributed by atoms with van der Waals surface area (Å²) >= 11 is 0. The Morgan fingerprint density at radius 2 is 2.19 bits per heavy atom. The van der Waals surface area contributed by atoms with Gasteiger partial charge in [-0.25, -0.2) is 4.39 Å². The van der Waals surface area contributed by atoms with Crippen molar-refractivity contribution in [2.24, 2.45) is 0 Å². The zero-order valence-corrected chi connectivity index (χ0v) is 9.58. The van der Waals surface area contributed by atoms with Gasteiger partial charge in [0.1, 0.15) is 0 Å². The van der Waals surface area contributed by atoms with Gasteiger partial charge < -0.3 is 9.84 Å². The number of carboxylic acid groups (broad SMARTS) is 1. The summed E-state index contributed by atoms with van der Waals surface area (Å²) in [5.41, 5.74) is -0.766. The lowest BCUT2D eigenvalue weighted by Gasteiger charge is -2.25. The highest BCUT2D eigenvalue weighted by atomic mass is 19.1. The van der Waals surface area contributed by atoms with Crippen molar-refractivity contribution in [3.63, 3.8) is 0 Å². The molecule has 3 nitrogen and oxygen atoms in total. The number of halogens is 1. The first-order valence-electron chi connectivity index (χ1n) is 5.03. The van der Waals surface area contributed by atoms with Crippen LogP contribution in [0.5, 0.6) is 5.75 Å². The number of methoxy groups -OCH3 is 1. The minimum atomic E-state index is -1.13. The lowest BCUT2D eigenvalue weighted by Crippen LogP contribution is -2.32. The van der Waals surface area contributed by atoms with E-state index in [0.717, 1.165) is 0 Å². The van der Waals surface area contributed by atoms with Crippen LogP contribution in [-0.4, -0.2) is 18.2 Å². The molecule has 1 aromatic rings. The summed E-state index contributed by atoms with van der Waals surface area (Å²) in [7, 11) is 1.33. The van der Waals surface area contributed by atoms with Gasteiger partial charge in [0.2, 0.25) is 0 Å². The molecule has 0 aliphatic carbocycles. The van der Waals surface area contributed by atoms with Crippen LogP contribution in [-0.2, 0) is 10.2 Å². The molecule has 88 valence electrons. The minimum Gasteiger partial charge on any atom is -0.493 e. The van der Waals surface area contributed by atoms with Crippen LogP contribution in [0.2, 0.25) is 0 Å². The Morgan fingerprint density at radius 1 is 1.56 bits per heavy atom. The molecule has 0 saturated carbocycles. The largest absolute Gasteiger partial charge is 0.493 e. The van der Waals surface area contributed by atoms with Gasteiger partial charge in [-0.3, -0.25) is 4.79 Å². The van der Waals surface area contributed by atoms with Crippen molar-refractivity contribution in [2.75, 3.05) is 7.11 Å². The topological polar surface area (TPSA) is 46.5 Å². The Hall–Kier alpha value is -1.58. The Kier molecular flexibility index (Phi) is 3.52. The van der Waals surface area contributed by atoms with Crippen molar-refractivity contribution in [3.05, 3.63) is 29.6 Å². The van der Waals surface area contributed by atoms with Crippen LogP contribution >= 0.6 is 0 Å². The first-order valence-corrected chi connectivity index (χ1v) is 5.03. The van der Waals surface area contributed by atoms with Gasteiger partial charge in [0.15, 0.2) is 11.6 Å². The van der Waals surface area contributed by atoms with Gasteiger partial charge >= 0.3 is 5.97 Å². The summed E-state index contributed by atoms with van der Waals surface area (Å²) in [4.78, 5) is 11.3. The molecule has 16 heavy (non-hydrogen) atoms. The molecule has 0 bridgehead atoms. The van der Waals surface area contributed by atoms with E-state index in [-0.39, 0.29) is 5.75 Å². The molecule has 0 amide bonds. The van der Waals surface area contributed by atoms with E-state index in [1.54, 1.807) is 19.9 Å². The van der Waals surface area contributed by atoms with Gasteiger partial charge in [0.05, 0.1) is 12.5 Å². The van der Waals surface area contributed by atoms with Crippen molar-refractivity contribution in [1.82, 2.24) is 0 Å². The zero-order chi connectivity index (χ0) is 12.3. The van der Waals surface area contributed by atoms with Crippen molar-refractivity contribution < 1.29 is 19.0 Å². The number of para-hydroxylation sites is 1. The second-order valence-corrected chi connectivity index (χ2v) is 3.81. The molecule has 1 N–H and O–H groups in total. The quantitative estimate of drug-likeness (QED) is 0.858. The fourth-order valence-corrected chi connectivity index (χ4v) is 1.61. The highest BCUT2D eigenvalue weighted by molar-refractivity contribution is 5.81. The molecule has 1 atom stereocenters. The normalized spacial score (nSPS) is 14.2. The molecule has 1 unspecified atom stereocenters. The number of hydrogen-bond donors (Lipinski definition) is 1. The van der Waals surface area contributed by atoms with E-state index in [1.807, 2.05) is 0 Å². The van der Waals surface area contributed by atoms with Crippen LogP contribution in [0.1, 0.15) is 25.8 Å². The molecule has 1 aromatic carbocycles. The summed E-state index contributed by atoms with van der Waals surface area (Å²) in [5, 5.41) is 9.22. The maximum atomic E-state index is 13.5.